The highest BCUT2D eigenvalue weighted by atomic mass is 16.5. The van der Waals surface area contributed by atoms with Crippen LogP contribution in [0.1, 0.15) is 20.8 Å². The molecule has 0 N–H and O–H groups in total. The second kappa shape index (κ2) is 6.11. The molecule has 4 nitrogen and oxygen atoms in total. The molecule has 0 spiro atoms. The van der Waals surface area contributed by atoms with E-state index < -0.39 is 0 Å². The molecule has 0 aliphatic carbocycles. The molecule has 1 heterocycles. The third kappa shape index (κ3) is 3.01. The van der Waals surface area contributed by atoms with Crippen molar-refractivity contribution in [3.63, 3.8) is 0 Å². The number of hydrogen-bond donors (Lipinski definition) is 0. The maximum atomic E-state index is 5.48. The molecular formula is C11H17NO3. The summed E-state index contributed by atoms with van der Waals surface area (Å²) in [7, 11) is 0. The predicted molar refractivity (Wildman–Crippen MR) is 57.7 cm³/mol. The summed E-state index contributed by atoms with van der Waals surface area (Å²) in [5.74, 6) is 1.90. The van der Waals surface area contributed by atoms with Crippen LogP contribution in [0.2, 0.25) is 0 Å². The molecule has 0 radical (unpaired) electrons. The first-order valence-corrected chi connectivity index (χ1v) is 5.19. The van der Waals surface area contributed by atoms with Gasteiger partial charge in [0, 0.05) is 0 Å². The van der Waals surface area contributed by atoms with Gasteiger partial charge in [-0.15, -0.1) is 0 Å². The number of nitrogens with zero attached hydrogens (tertiary/aromatic N) is 1. The molecule has 0 aliphatic rings. The minimum atomic E-state index is 0.574. The lowest BCUT2D eigenvalue weighted by Crippen LogP contribution is -2.02. The molecule has 1 rings (SSSR count). The summed E-state index contributed by atoms with van der Waals surface area (Å²) in [5.41, 5.74) is 0. The SMILES string of the molecule is CCOc1cncc(OCC)c1OCC. The second-order valence-electron chi connectivity index (χ2n) is 2.76. The number of hydrogen-bond acceptors (Lipinski definition) is 4. The van der Waals surface area contributed by atoms with E-state index >= 15 is 0 Å². The maximum Gasteiger partial charge on any atom is 0.206 e. The number of rotatable bonds is 6. The fourth-order valence-electron chi connectivity index (χ4n) is 1.21. The first kappa shape index (κ1) is 11.6. The van der Waals surface area contributed by atoms with E-state index in [2.05, 4.69) is 4.98 Å². The summed E-state index contributed by atoms with van der Waals surface area (Å²) < 4.78 is 16.3. The van der Waals surface area contributed by atoms with Crippen molar-refractivity contribution in [2.45, 2.75) is 20.8 Å². The molecule has 0 unspecified atom stereocenters. The van der Waals surface area contributed by atoms with Crippen LogP contribution in [0.15, 0.2) is 12.4 Å². The van der Waals surface area contributed by atoms with E-state index in [1.807, 2.05) is 20.8 Å². The first-order valence-electron chi connectivity index (χ1n) is 5.19. The zero-order valence-electron chi connectivity index (χ0n) is 9.45. The van der Waals surface area contributed by atoms with Gasteiger partial charge in [0.15, 0.2) is 11.5 Å². The van der Waals surface area contributed by atoms with Crippen LogP contribution in [-0.4, -0.2) is 24.8 Å². The van der Waals surface area contributed by atoms with Crippen molar-refractivity contribution in [3.05, 3.63) is 12.4 Å². The molecule has 0 saturated carbocycles. The van der Waals surface area contributed by atoms with Gasteiger partial charge in [-0.1, -0.05) is 0 Å². The molecular weight excluding hydrogens is 194 g/mol. The standard InChI is InChI=1S/C11H17NO3/c1-4-13-9-7-12-8-10(14-5-2)11(9)15-6-3/h7-8H,4-6H2,1-3H3. The fourth-order valence-corrected chi connectivity index (χ4v) is 1.21. The summed E-state index contributed by atoms with van der Waals surface area (Å²) in [5, 5.41) is 0. The van der Waals surface area contributed by atoms with Crippen LogP contribution in [0.3, 0.4) is 0 Å². The van der Waals surface area contributed by atoms with Crippen molar-refractivity contribution in [1.82, 2.24) is 4.98 Å². The van der Waals surface area contributed by atoms with Gasteiger partial charge < -0.3 is 14.2 Å². The maximum absolute atomic E-state index is 5.48. The topological polar surface area (TPSA) is 40.6 Å². The molecule has 0 amide bonds. The van der Waals surface area contributed by atoms with Crippen LogP contribution in [0, 0.1) is 0 Å². The van der Waals surface area contributed by atoms with Crippen molar-refractivity contribution >= 4 is 0 Å². The van der Waals surface area contributed by atoms with Gasteiger partial charge >= 0.3 is 0 Å². The average Bonchev–Trinajstić information content (AvgIpc) is 2.23. The molecule has 1 aromatic heterocycles. The van der Waals surface area contributed by atoms with Crippen LogP contribution in [0.4, 0.5) is 0 Å². The molecule has 0 atom stereocenters. The Bertz CT molecular complexity index is 278. The van der Waals surface area contributed by atoms with Gasteiger partial charge in [-0.25, -0.2) is 0 Å². The lowest BCUT2D eigenvalue weighted by atomic mass is 10.4. The van der Waals surface area contributed by atoms with E-state index in [4.69, 9.17) is 14.2 Å². The number of ether oxygens (including phenoxy) is 3. The third-order valence-corrected chi connectivity index (χ3v) is 1.72. The summed E-state index contributed by atoms with van der Waals surface area (Å²) in [6.45, 7) is 7.50. The van der Waals surface area contributed by atoms with Gasteiger partial charge in [0.25, 0.3) is 0 Å². The van der Waals surface area contributed by atoms with Gasteiger partial charge in [-0.05, 0) is 20.8 Å². The Morgan fingerprint density at radius 3 is 1.73 bits per heavy atom. The Labute approximate surface area is 90.2 Å². The van der Waals surface area contributed by atoms with Gasteiger partial charge in [0.2, 0.25) is 5.75 Å². The quantitative estimate of drug-likeness (QED) is 0.723. The van der Waals surface area contributed by atoms with Gasteiger partial charge in [-0.3, -0.25) is 4.98 Å². The van der Waals surface area contributed by atoms with E-state index in [1.165, 1.54) is 0 Å². The van der Waals surface area contributed by atoms with E-state index in [-0.39, 0.29) is 0 Å². The van der Waals surface area contributed by atoms with Crippen molar-refractivity contribution in [3.8, 4) is 17.2 Å². The van der Waals surface area contributed by atoms with Crippen molar-refractivity contribution in [1.29, 1.82) is 0 Å². The number of aromatic nitrogens is 1. The van der Waals surface area contributed by atoms with Crippen LogP contribution in [0.5, 0.6) is 17.2 Å². The van der Waals surface area contributed by atoms with E-state index in [0.717, 1.165) is 0 Å². The third-order valence-electron chi connectivity index (χ3n) is 1.72. The van der Waals surface area contributed by atoms with E-state index in [0.29, 0.717) is 37.1 Å². The second-order valence-corrected chi connectivity index (χ2v) is 2.76. The summed E-state index contributed by atoms with van der Waals surface area (Å²) >= 11 is 0. The van der Waals surface area contributed by atoms with Crippen LogP contribution >= 0.6 is 0 Å². The monoisotopic (exact) mass is 211 g/mol. The normalized spacial score (nSPS) is 9.80. The molecule has 0 saturated heterocycles. The molecule has 0 fully saturated rings. The largest absolute Gasteiger partial charge is 0.488 e. The van der Waals surface area contributed by atoms with Crippen LogP contribution in [0.25, 0.3) is 0 Å². The zero-order valence-corrected chi connectivity index (χ0v) is 9.45. The highest BCUT2D eigenvalue weighted by molar-refractivity contribution is 5.48. The van der Waals surface area contributed by atoms with Gasteiger partial charge in [0.1, 0.15) is 0 Å². The minimum Gasteiger partial charge on any atom is -0.488 e. The molecule has 1 aromatic rings. The Hall–Kier alpha value is -1.45. The molecule has 15 heavy (non-hydrogen) atoms. The Balaban J connectivity index is 2.97. The van der Waals surface area contributed by atoms with Gasteiger partial charge in [-0.2, -0.15) is 0 Å². The molecule has 0 aromatic carbocycles. The molecule has 0 bridgehead atoms. The summed E-state index contributed by atoms with van der Waals surface area (Å²) in [6.07, 6.45) is 3.27. The van der Waals surface area contributed by atoms with Crippen molar-refractivity contribution in [2.24, 2.45) is 0 Å². The van der Waals surface area contributed by atoms with Crippen molar-refractivity contribution in [2.75, 3.05) is 19.8 Å². The van der Waals surface area contributed by atoms with Crippen LogP contribution in [-0.2, 0) is 0 Å². The Morgan fingerprint density at radius 1 is 0.867 bits per heavy atom. The fraction of sp³-hybridized carbons (Fsp3) is 0.545. The first-order chi connectivity index (χ1) is 7.33. The van der Waals surface area contributed by atoms with Gasteiger partial charge in [0.05, 0.1) is 32.2 Å². The lowest BCUT2D eigenvalue weighted by Gasteiger charge is -2.13. The minimum absolute atomic E-state index is 0.574. The Kier molecular flexibility index (Phi) is 4.74. The van der Waals surface area contributed by atoms with E-state index in [1.54, 1.807) is 12.4 Å². The highest BCUT2D eigenvalue weighted by Gasteiger charge is 2.12. The smallest absolute Gasteiger partial charge is 0.206 e. The average molecular weight is 211 g/mol. The number of pyridine rings is 1. The van der Waals surface area contributed by atoms with Crippen molar-refractivity contribution < 1.29 is 14.2 Å². The zero-order chi connectivity index (χ0) is 11.1. The molecule has 84 valence electrons. The summed E-state index contributed by atoms with van der Waals surface area (Å²) in [6, 6.07) is 0. The molecule has 4 heteroatoms. The van der Waals surface area contributed by atoms with E-state index in [9.17, 15) is 0 Å². The van der Waals surface area contributed by atoms with Crippen LogP contribution < -0.4 is 14.2 Å². The summed E-state index contributed by atoms with van der Waals surface area (Å²) in [4.78, 5) is 4.03. The predicted octanol–water partition coefficient (Wildman–Crippen LogP) is 2.28. The molecule has 0 aliphatic heterocycles. The lowest BCUT2D eigenvalue weighted by molar-refractivity contribution is 0.259. The Morgan fingerprint density at radius 2 is 1.33 bits per heavy atom. The highest BCUT2D eigenvalue weighted by Crippen LogP contribution is 2.35.